The number of aryl methyl sites for hydroxylation is 2. The molecule has 0 nitrogen and oxygen atoms in total. The molecule has 0 saturated carbocycles. The van der Waals surface area contributed by atoms with E-state index in [1.54, 1.807) is 3.33 Å². The number of hydrogen-bond acceptors (Lipinski definition) is 0. The average Bonchev–Trinajstić information content (AvgIpc) is 3.56. The van der Waals surface area contributed by atoms with Crippen LogP contribution >= 0.6 is 23.2 Å². The van der Waals surface area contributed by atoms with Gasteiger partial charge in [-0.3, -0.25) is 0 Å². The Hall–Kier alpha value is -1.74. The summed E-state index contributed by atoms with van der Waals surface area (Å²) in [5.41, 5.74) is 14.1. The van der Waals surface area contributed by atoms with E-state index in [1.807, 2.05) is 12.1 Å². The summed E-state index contributed by atoms with van der Waals surface area (Å²) in [6.07, 6.45) is 8.06. The Bertz CT molecular complexity index is 1780. The molecule has 2 aliphatic rings. The van der Waals surface area contributed by atoms with Crippen molar-refractivity contribution in [3.63, 3.8) is 0 Å². The predicted molar refractivity (Wildman–Crippen MR) is 189 cm³/mol. The molecule has 0 N–H and O–H groups in total. The molecule has 4 aromatic rings. The summed E-state index contributed by atoms with van der Waals surface area (Å²) in [5, 5.41) is 1.55. The van der Waals surface area contributed by atoms with Crippen LogP contribution in [0, 0.1) is 13.8 Å². The van der Waals surface area contributed by atoms with Gasteiger partial charge in [-0.2, -0.15) is 0 Å². The van der Waals surface area contributed by atoms with Crippen molar-refractivity contribution in [1.29, 1.82) is 0 Å². The fourth-order valence-corrected chi connectivity index (χ4v) is 20.8. The zero-order valence-corrected chi connectivity index (χ0v) is 34.6. The summed E-state index contributed by atoms with van der Waals surface area (Å²) < 4.78 is 3.46. The third-order valence-corrected chi connectivity index (χ3v) is 21.8. The molecule has 0 spiro atoms. The molecular weight excluding hydrogens is 813 g/mol. The number of fused-ring (bicyclic) bond motifs is 3. The van der Waals surface area contributed by atoms with E-state index in [9.17, 15) is 0 Å². The number of halogens is 4. The summed E-state index contributed by atoms with van der Waals surface area (Å²) in [6.45, 7) is 18.7. The molecular formula is C41H42Cl4Hf. The first-order chi connectivity index (χ1) is 20.7. The third-order valence-electron chi connectivity index (χ3n) is 9.22. The molecule has 0 saturated heterocycles. The Kier molecular flexibility index (Phi) is 11.3. The first-order valence-corrected chi connectivity index (χ1v) is 22.1. The molecule has 0 heterocycles. The van der Waals surface area contributed by atoms with Crippen molar-refractivity contribution in [2.75, 3.05) is 0 Å². The minimum atomic E-state index is -3.08. The Morgan fingerprint density at radius 2 is 1.13 bits per heavy atom. The summed E-state index contributed by atoms with van der Waals surface area (Å²) in [4.78, 5) is 0. The predicted octanol–water partition coefficient (Wildman–Crippen LogP) is 6.01. The maximum absolute atomic E-state index is 6.71. The van der Waals surface area contributed by atoms with Gasteiger partial charge in [0.15, 0.2) is 0 Å². The van der Waals surface area contributed by atoms with Gasteiger partial charge >= 0.3 is 284 Å². The standard InChI is InChI=1S/C23H29.C13H8Cl2.C5H5.2ClH.Hf/c1-14-9-16-11-17-10-15(2)21(23(6,7)8)13-19(17)18(16)12-20(14)22(3,4)5;14-12-5-1-3-10(8-12)7-11-4-2-6-13(15)9-11;1-2-4-5-3-1;;;/h9-13H,1-8H3;1-6,8-9H;1-3H,4H2;2*1H;/q;;;;;+2/p-2. The van der Waals surface area contributed by atoms with Gasteiger partial charge in [-0.05, 0) is 0 Å². The Labute approximate surface area is 306 Å². The number of rotatable bonds is 4. The molecule has 5 heteroatoms. The van der Waals surface area contributed by atoms with Crippen LogP contribution in [0.3, 0.4) is 0 Å². The van der Waals surface area contributed by atoms with Crippen LogP contribution in [0.25, 0.3) is 11.1 Å². The van der Waals surface area contributed by atoms with Crippen LogP contribution in [0.2, 0.25) is 10.0 Å². The smallest absolute Gasteiger partial charge is 1.00 e. The zero-order chi connectivity index (χ0) is 31.6. The fourth-order valence-electron chi connectivity index (χ4n) is 7.40. The molecule has 0 radical (unpaired) electrons. The molecule has 0 aliphatic heterocycles. The molecule has 0 fully saturated rings. The third kappa shape index (κ3) is 7.02. The van der Waals surface area contributed by atoms with Gasteiger partial charge < -0.3 is 24.8 Å². The molecule has 2 aliphatic carbocycles. The summed E-state index contributed by atoms with van der Waals surface area (Å²) in [5.74, 6) is 0. The number of benzene rings is 4. The first-order valence-electron chi connectivity index (χ1n) is 15.7. The van der Waals surface area contributed by atoms with Crippen LogP contribution < -0.4 is 24.8 Å². The van der Waals surface area contributed by atoms with E-state index < -0.39 is 21.0 Å². The normalized spacial score (nSPS) is 13.6. The number of hydrogen-bond donors (Lipinski definition) is 0. The van der Waals surface area contributed by atoms with Crippen molar-refractivity contribution in [2.45, 2.75) is 76.3 Å². The van der Waals surface area contributed by atoms with Crippen molar-refractivity contribution in [3.8, 4) is 11.1 Å². The molecule has 6 rings (SSSR count). The van der Waals surface area contributed by atoms with Gasteiger partial charge in [0.25, 0.3) is 0 Å². The molecule has 0 bridgehead atoms. The monoisotopic (exact) mass is 854 g/mol. The summed E-state index contributed by atoms with van der Waals surface area (Å²) >= 11 is 10.3. The van der Waals surface area contributed by atoms with Crippen LogP contribution in [0.5, 0.6) is 0 Å². The van der Waals surface area contributed by atoms with Gasteiger partial charge in [0.1, 0.15) is 0 Å². The van der Waals surface area contributed by atoms with Crippen molar-refractivity contribution < 1.29 is 45.8 Å². The van der Waals surface area contributed by atoms with Crippen LogP contribution in [0.15, 0.2) is 94.4 Å². The quantitative estimate of drug-likeness (QED) is 0.221. The van der Waals surface area contributed by atoms with E-state index in [4.69, 9.17) is 23.2 Å². The Morgan fingerprint density at radius 3 is 1.50 bits per heavy atom. The molecule has 46 heavy (non-hydrogen) atoms. The van der Waals surface area contributed by atoms with Crippen molar-refractivity contribution in [1.82, 2.24) is 0 Å². The van der Waals surface area contributed by atoms with Gasteiger partial charge in [0.05, 0.1) is 0 Å². The van der Waals surface area contributed by atoms with E-state index in [0.717, 1.165) is 16.5 Å². The van der Waals surface area contributed by atoms with Crippen molar-refractivity contribution in [3.05, 3.63) is 149 Å². The van der Waals surface area contributed by atoms with Crippen LogP contribution in [0.1, 0.15) is 96.1 Å². The molecule has 0 aromatic heterocycles. The van der Waals surface area contributed by atoms with Gasteiger partial charge in [-0.25, -0.2) is 0 Å². The van der Waals surface area contributed by atoms with E-state index in [0.29, 0.717) is 3.67 Å². The SMILES string of the molecule is Cc1cc2c(cc1C(C)(C)C)-c1cc(C(C)(C)C)c(C)cc1[CH]2[Hf+2]([C]1=CC=CC1)=[C](c1cccc(Cl)c1)c1cccc(Cl)c1.[Cl-].[Cl-]. The van der Waals surface area contributed by atoms with Crippen LogP contribution in [0.4, 0.5) is 0 Å². The van der Waals surface area contributed by atoms with E-state index in [1.165, 1.54) is 58.9 Å². The Morgan fingerprint density at radius 1 is 0.674 bits per heavy atom. The molecule has 4 aromatic carbocycles. The summed E-state index contributed by atoms with van der Waals surface area (Å²) in [6, 6.07) is 27.2. The molecule has 0 atom stereocenters. The van der Waals surface area contributed by atoms with E-state index >= 15 is 0 Å². The van der Waals surface area contributed by atoms with Gasteiger partial charge in [0.2, 0.25) is 0 Å². The van der Waals surface area contributed by atoms with E-state index in [2.05, 4.69) is 134 Å². The minimum absolute atomic E-state index is 0. The first kappa shape index (κ1) is 37.1. The van der Waals surface area contributed by atoms with Gasteiger partial charge in [0, 0.05) is 0 Å². The van der Waals surface area contributed by atoms with Gasteiger partial charge in [-0.1, -0.05) is 0 Å². The van der Waals surface area contributed by atoms with Crippen LogP contribution in [-0.2, 0) is 31.8 Å². The largest absolute Gasteiger partial charge is 1.00 e. The maximum atomic E-state index is 6.71. The minimum Gasteiger partial charge on any atom is -1.00 e. The van der Waals surface area contributed by atoms with Crippen molar-refractivity contribution in [2.24, 2.45) is 0 Å². The fraction of sp³-hybridized carbons (Fsp3) is 0.293. The second-order valence-electron chi connectivity index (χ2n) is 14.6. The number of allylic oxidation sites excluding steroid dienone is 4. The topological polar surface area (TPSA) is 0 Å². The van der Waals surface area contributed by atoms with Crippen molar-refractivity contribution >= 4 is 26.5 Å². The molecule has 0 unspecified atom stereocenters. The summed E-state index contributed by atoms with van der Waals surface area (Å²) in [7, 11) is 0. The average molecular weight is 855 g/mol. The van der Waals surface area contributed by atoms with Gasteiger partial charge in [-0.15, -0.1) is 0 Å². The zero-order valence-electron chi connectivity index (χ0n) is 28.0. The second kappa shape index (κ2) is 14.0. The van der Waals surface area contributed by atoms with E-state index in [-0.39, 0.29) is 35.6 Å². The Balaban J connectivity index is 0.00000240. The maximum Gasteiger partial charge on any atom is -1.00 e. The molecule has 238 valence electrons. The van der Waals surface area contributed by atoms with Crippen LogP contribution in [-0.4, -0.2) is 3.26 Å². The second-order valence-corrected chi connectivity index (χ2v) is 24.6. The molecule has 0 amide bonds.